The molecular weight excluding hydrogens is 415 g/mol. The molecule has 1 aromatic rings. The Labute approximate surface area is 163 Å². The number of hydrogen-bond acceptors (Lipinski definition) is 3. The van der Waals surface area contributed by atoms with Gasteiger partial charge < -0.3 is 15.4 Å². The van der Waals surface area contributed by atoms with Gasteiger partial charge in [-0.25, -0.2) is 0 Å². The largest absolute Gasteiger partial charge is 0.385 e. The minimum atomic E-state index is 0. The van der Waals surface area contributed by atoms with E-state index in [1.807, 2.05) is 12.3 Å². The second kappa shape index (κ2) is 11.6. The summed E-state index contributed by atoms with van der Waals surface area (Å²) in [6.07, 6.45) is 9.66. The van der Waals surface area contributed by atoms with Crippen LogP contribution in [0.4, 0.5) is 0 Å². The number of methoxy groups -OCH3 is 1. The molecule has 0 radical (unpaired) electrons. The van der Waals surface area contributed by atoms with Gasteiger partial charge in [-0.1, -0.05) is 12.5 Å². The molecule has 0 bridgehead atoms. The minimum absolute atomic E-state index is 0. The highest BCUT2D eigenvalue weighted by atomic mass is 127. The Hall–Kier alpha value is -0.890. The van der Waals surface area contributed by atoms with Crippen LogP contribution in [0, 0.1) is 5.41 Å². The molecular formula is C18H31IN4O. The van der Waals surface area contributed by atoms with E-state index in [1.165, 1.54) is 24.8 Å². The van der Waals surface area contributed by atoms with E-state index >= 15 is 0 Å². The Balaban J connectivity index is 0.00000288. The van der Waals surface area contributed by atoms with E-state index in [2.05, 4.69) is 28.6 Å². The first-order valence-corrected chi connectivity index (χ1v) is 8.68. The molecule has 0 saturated heterocycles. The number of pyridine rings is 1. The van der Waals surface area contributed by atoms with Crippen LogP contribution < -0.4 is 10.6 Å². The van der Waals surface area contributed by atoms with Crippen molar-refractivity contribution in [1.82, 2.24) is 15.6 Å². The third-order valence-electron chi connectivity index (χ3n) is 4.60. The Bertz CT molecular complexity index is 477. The second-order valence-corrected chi connectivity index (χ2v) is 6.33. The van der Waals surface area contributed by atoms with Gasteiger partial charge in [0.25, 0.3) is 0 Å². The average molecular weight is 446 g/mol. The number of hydrogen-bond donors (Lipinski definition) is 2. The first kappa shape index (κ1) is 21.2. The standard InChI is InChI=1S/C18H30N4O.HI/c1-3-20-17(21-12-7-16-6-4-11-19-14-16)22-15-18(8-5-9-18)10-13-23-2;/h4,6,11,14H,3,5,7-10,12-13,15H2,1-2H3,(H2,20,21,22);1H. The van der Waals surface area contributed by atoms with Crippen molar-refractivity contribution >= 4 is 29.9 Å². The molecule has 1 aromatic heterocycles. The predicted molar refractivity (Wildman–Crippen MR) is 110 cm³/mol. The zero-order chi connectivity index (χ0) is 16.4. The van der Waals surface area contributed by atoms with Crippen molar-refractivity contribution in [3.05, 3.63) is 30.1 Å². The molecule has 6 heteroatoms. The van der Waals surface area contributed by atoms with E-state index in [0.29, 0.717) is 5.41 Å². The summed E-state index contributed by atoms with van der Waals surface area (Å²) in [5.74, 6) is 0.917. The topological polar surface area (TPSA) is 58.5 Å². The van der Waals surface area contributed by atoms with E-state index in [-0.39, 0.29) is 24.0 Å². The summed E-state index contributed by atoms with van der Waals surface area (Å²) in [4.78, 5) is 8.96. The normalized spacial score (nSPS) is 16.0. The number of guanidine groups is 1. The third kappa shape index (κ3) is 6.93. The molecule has 1 aliphatic carbocycles. The minimum Gasteiger partial charge on any atom is -0.385 e. The average Bonchev–Trinajstić information content (AvgIpc) is 2.54. The van der Waals surface area contributed by atoms with Gasteiger partial charge in [0, 0.05) is 45.7 Å². The van der Waals surface area contributed by atoms with Gasteiger partial charge in [-0.05, 0) is 49.7 Å². The fraction of sp³-hybridized carbons (Fsp3) is 0.667. The van der Waals surface area contributed by atoms with Gasteiger partial charge in [0.15, 0.2) is 5.96 Å². The second-order valence-electron chi connectivity index (χ2n) is 6.33. The number of rotatable bonds is 9. The maximum Gasteiger partial charge on any atom is 0.191 e. The summed E-state index contributed by atoms with van der Waals surface area (Å²) >= 11 is 0. The number of aromatic nitrogens is 1. The van der Waals surface area contributed by atoms with Gasteiger partial charge in [0.1, 0.15) is 0 Å². The smallest absolute Gasteiger partial charge is 0.191 e. The van der Waals surface area contributed by atoms with E-state index in [9.17, 15) is 0 Å². The van der Waals surface area contributed by atoms with Gasteiger partial charge in [0.2, 0.25) is 0 Å². The third-order valence-corrected chi connectivity index (χ3v) is 4.60. The quantitative estimate of drug-likeness (QED) is 0.348. The zero-order valence-electron chi connectivity index (χ0n) is 14.9. The number of ether oxygens (including phenoxy) is 1. The molecule has 0 aliphatic heterocycles. The van der Waals surface area contributed by atoms with Crippen molar-refractivity contribution in [3.8, 4) is 0 Å². The highest BCUT2D eigenvalue weighted by molar-refractivity contribution is 14.0. The Morgan fingerprint density at radius 2 is 2.21 bits per heavy atom. The molecule has 1 heterocycles. The molecule has 1 fully saturated rings. The number of halogens is 1. The SMILES string of the molecule is CCNC(=NCC1(CCOC)CCC1)NCCc1cccnc1.I. The van der Waals surface area contributed by atoms with Gasteiger partial charge in [-0.15, -0.1) is 24.0 Å². The van der Waals surface area contributed by atoms with Gasteiger partial charge >= 0.3 is 0 Å². The summed E-state index contributed by atoms with van der Waals surface area (Å²) in [7, 11) is 1.78. The van der Waals surface area contributed by atoms with Crippen LogP contribution in [0.1, 0.15) is 38.2 Å². The lowest BCUT2D eigenvalue weighted by atomic mass is 9.67. The highest BCUT2D eigenvalue weighted by Gasteiger charge is 2.36. The van der Waals surface area contributed by atoms with Crippen LogP contribution in [0.15, 0.2) is 29.5 Å². The molecule has 0 spiro atoms. The van der Waals surface area contributed by atoms with Gasteiger partial charge in [-0.3, -0.25) is 9.98 Å². The fourth-order valence-electron chi connectivity index (χ4n) is 2.94. The van der Waals surface area contributed by atoms with Crippen LogP contribution in [0.2, 0.25) is 0 Å². The van der Waals surface area contributed by atoms with E-state index in [1.54, 1.807) is 13.3 Å². The summed E-state index contributed by atoms with van der Waals surface area (Å²) in [5.41, 5.74) is 1.60. The molecule has 5 nitrogen and oxygen atoms in total. The van der Waals surface area contributed by atoms with Crippen molar-refractivity contribution in [1.29, 1.82) is 0 Å². The van der Waals surface area contributed by atoms with Gasteiger partial charge in [-0.2, -0.15) is 0 Å². The number of nitrogens with one attached hydrogen (secondary N) is 2. The van der Waals surface area contributed by atoms with Crippen LogP contribution in [-0.4, -0.2) is 44.3 Å². The molecule has 2 N–H and O–H groups in total. The molecule has 136 valence electrons. The maximum atomic E-state index is 5.26. The molecule has 24 heavy (non-hydrogen) atoms. The van der Waals surface area contributed by atoms with Crippen molar-refractivity contribution in [2.45, 2.75) is 39.0 Å². The molecule has 1 aliphatic rings. The lowest BCUT2D eigenvalue weighted by Gasteiger charge is -2.40. The van der Waals surface area contributed by atoms with Crippen molar-refractivity contribution in [2.75, 3.05) is 33.4 Å². The molecule has 0 unspecified atom stereocenters. The van der Waals surface area contributed by atoms with E-state index < -0.39 is 0 Å². The van der Waals surface area contributed by atoms with E-state index in [0.717, 1.165) is 45.0 Å². The molecule has 0 aromatic carbocycles. The van der Waals surface area contributed by atoms with Crippen molar-refractivity contribution < 1.29 is 4.74 Å². The Morgan fingerprint density at radius 1 is 1.38 bits per heavy atom. The van der Waals surface area contributed by atoms with Crippen LogP contribution in [0.3, 0.4) is 0 Å². The zero-order valence-corrected chi connectivity index (χ0v) is 17.2. The number of aliphatic imine (C=N–C) groups is 1. The Morgan fingerprint density at radius 3 is 2.79 bits per heavy atom. The van der Waals surface area contributed by atoms with Gasteiger partial charge in [0.05, 0.1) is 0 Å². The fourth-order valence-corrected chi connectivity index (χ4v) is 2.94. The summed E-state index contributed by atoms with van der Waals surface area (Å²) in [6.45, 7) is 5.56. The van der Waals surface area contributed by atoms with Crippen LogP contribution in [0.25, 0.3) is 0 Å². The molecule has 0 atom stereocenters. The van der Waals surface area contributed by atoms with Crippen LogP contribution in [-0.2, 0) is 11.2 Å². The monoisotopic (exact) mass is 446 g/mol. The maximum absolute atomic E-state index is 5.26. The molecule has 0 amide bonds. The summed E-state index contributed by atoms with van der Waals surface area (Å²) in [6, 6.07) is 4.08. The lowest BCUT2D eigenvalue weighted by molar-refractivity contribution is 0.0778. The highest BCUT2D eigenvalue weighted by Crippen LogP contribution is 2.44. The first-order valence-electron chi connectivity index (χ1n) is 8.68. The van der Waals surface area contributed by atoms with E-state index in [4.69, 9.17) is 9.73 Å². The van der Waals surface area contributed by atoms with Crippen LogP contribution in [0.5, 0.6) is 0 Å². The van der Waals surface area contributed by atoms with Crippen molar-refractivity contribution in [3.63, 3.8) is 0 Å². The summed E-state index contributed by atoms with van der Waals surface area (Å²) < 4.78 is 5.26. The first-order chi connectivity index (χ1) is 11.3. The lowest BCUT2D eigenvalue weighted by Crippen LogP contribution is -2.41. The van der Waals surface area contributed by atoms with Crippen molar-refractivity contribution in [2.24, 2.45) is 10.4 Å². The Kier molecular flexibility index (Phi) is 10.2. The summed E-state index contributed by atoms with van der Waals surface area (Å²) in [5, 5.41) is 6.76. The molecule has 1 saturated carbocycles. The van der Waals surface area contributed by atoms with Crippen LogP contribution >= 0.6 is 24.0 Å². The predicted octanol–water partition coefficient (Wildman–Crippen LogP) is 3.00. The number of nitrogens with zero attached hydrogens (tertiary/aromatic N) is 2. The molecule has 2 rings (SSSR count).